The molecule has 0 aromatic carbocycles. The molecule has 4 rings (SSSR count). The molecule has 3 heterocycles. The number of hydrogen-bond donors (Lipinski definition) is 0. The Kier molecular flexibility index (Phi) is 2.82. The lowest BCUT2D eigenvalue weighted by atomic mass is 9.80. The van der Waals surface area contributed by atoms with Gasteiger partial charge < -0.3 is 9.31 Å². The van der Waals surface area contributed by atoms with Crippen LogP contribution in [0.3, 0.4) is 0 Å². The second-order valence-corrected chi connectivity index (χ2v) is 8.15. The van der Waals surface area contributed by atoms with Gasteiger partial charge in [-0.25, -0.2) is 0 Å². The van der Waals surface area contributed by atoms with E-state index in [9.17, 15) is 0 Å². The second kappa shape index (κ2) is 4.31. The lowest BCUT2D eigenvalue weighted by molar-refractivity contribution is 0.00578. The maximum atomic E-state index is 6.17. The second-order valence-electron chi connectivity index (χ2n) is 7.20. The van der Waals surface area contributed by atoms with Crippen molar-refractivity contribution in [2.75, 3.05) is 0 Å². The topological polar surface area (TPSA) is 31.4 Å². The lowest BCUT2D eigenvalue weighted by Gasteiger charge is -2.32. The van der Waals surface area contributed by atoms with Crippen LogP contribution in [0.4, 0.5) is 0 Å². The molecule has 1 aliphatic heterocycles. The number of pyridine rings is 1. The molecule has 0 N–H and O–H groups in total. The van der Waals surface area contributed by atoms with Crippen LogP contribution in [-0.2, 0) is 9.31 Å². The summed E-state index contributed by atoms with van der Waals surface area (Å²) >= 11 is 1.75. The van der Waals surface area contributed by atoms with Crippen LogP contribution in [0.15, 0.2) is 23.7 Å². The molecule has 2 aliphatic rings. The molecule has 2 fully saturated rings. The van der Waals surface area contributed by atoms with Gasteiger partial charge in [0.2, 0.25) is 0 Å². The Bertz CT molecular complexity index is 680. The third kappa shape index (κ3) is 2.14. The van der Waals surface area contributed by atoms with Crippen LogP contribution < -0.4 is 0 Å². The highest BCUT2D eigenvalue weighted by atomic mass is 32.1. The molecule has 110 valence electrons. The van der Waals surface area contributed by atoms with Crippen molar-refractivity contribution in [2.45, 2.75) is 57.1 Å². The maximum absolute atomic E-state index is 6.17. The average Bonchev–Trinajstić information content (AvgIpc) is 3.00. The fourth-order valence-electron chi connectivity index (χ4n) is 3.03. The first-order valence-electron chi connectivity index (χ1n) is 7.56. The van der Waals surface area contributed by atoms with Crippen molar-refractivity contribution in [2.24, 2.45) is 0 Å². The molecule has 3 nitrogen and oxygen atoms in total. The van der Waals surface area contributed by atoms with Crippen LogP contribution in [0.1, 0.15) is 45.6 Å². The van der Waals surface area contributed by atoms with Gasteiger partial charge in [-0.3, -0.25) is 4.98 Å². The standard InChI is InChI=1S/C16H20BNO2S/c1-15(2)16(3,4)20-17(19-15)12-8-11(12)10-7-14-13(18-9-10)5-6-21-14/h5-7,9,11-12H,8H2,1-4H3/t11-,12+/m0/s1. The highest BCUT2D eigenvalue weighted by molar-refractivity contribution is 7.17. The van der Waals surface area contributed by atoms with Gasteiger partial charge in [0, 0.05) is 12.0 Å². The summed E-state index contributed by atoms with van der Waals surface area (Å²) in [5.41, 5.74) is 1.95. The van der Waals surface area contributed by atoms with E-state index in [-0.39, 0.29) is 18.3 Å². The van der Waals surface area contributed by atoms with Crippen LogP contribution in [0.25, 0.3) is 10.2 Å². The molecule has 21 heavy (non-hydrogen) atoms. The molecule has 1 aliphatic carbocycles. The summed E-state index contributed by atoms with van der Waals surface area (Å²) in [5, 5.41) is 2.10. The fourth-order valence-corrected chi connectivity index (χ4v) is 3.82. The molecule has 0 spiro atoms. The van der Waals surface area contributed by atoms with Crippen molar-refractivity contribution in [3.05, 3.63) is 29.3 Å². The first-order valence-corrected chi connectivity index (χ1v) is 8.44. The van der Waals surface area contributed by atoms with Crippen LogP contribution in [0, 0.1) is 0 Å². The molecular formula is C16H20BNO2S. The lowest BCUT2D eigenvalue weighted by Crippen LogP contribution is -2.41. The smallest absolute Gasteiger partial charge is 0.403 e. The molecule has 0 unspecified atom stereocenters. The van der Waals surface area contributed by atoms with Crippen LogP contribution in [0.2, 0.25) is 5.82 Å². The number of nitrogens with zero attached hydrogens (tertiary/aromatic N) is 1. The third-order valence-corrected chi connectivity index (χ3v) is 6.07. The summed E-state index contributed by atoms with van der Waals surface area (Å²) in [6.45, 7) is 8.46. The van der Waals surface area contributed by atoms with Crippen LogP contribution >= 0.6 is 11.3 Å². The van der Waals surface area contributed by atoms with Crippen molar-refractivity contribution >= 4 is 28.7 Å². The Hall–Kier alpha value is -0.905. The summed E-state index contributed by atoms with van der Waals surface area (Å²) in [6.07, 6.45) is 3.15. The van der Waals surface area contributed by atoms with E-state index in [2.05, 4.69) is 50.2 Å². The Morgan fingerprint density at radius 2 is 1.95 bits per heavy atom. The molecule has 0 bridgehead atoms. The van der Waals surface area contributed by atoms with E-state index in [1.807, 2.05) is 6.20 Å². The van der Waals surface area contributed by atoms with E-state index >= 15 is 0 Å². The number of thiophene rings is 1. The molecule has 2 atom stereocenters. The average molecular weight is 301 g/mol. The quantitative estimate of drug-likeness (QED) is 0.777. The first kappa shape index (κ1) is 13.7. The Morgan fingerprint density at radius 1 is 1.24 bits per heavy atom. The van der Waals surface area contributed by atoms with Gasteiger partial charge in [0.05, 0.1) is 21.4 Å². The van der Waals surface area contributed by atoms with Gasteiger partial charge in [-0.2, -0.15) is 0 Å². The zero-order chi connectivity index (χ0) is 14.8. The van der Waals surface area contributed by atoms with Crippen LogP contribution in [0.5, 0.6) is 0 Å². The zero-order valence-corrected chi connectivity index (χ0v) is 13.7. The van der Waals surface area contributed by atoms with Crippen molar-refractivity contribution in [3.63, 3.8) is 0 Å². The minimum atomic E-state index is -0.235. The van der Waals surface area contributed by atoms with E-state index in [1.165, 1.54) is 10.3 Å². The van der Waals surface area contributed by atoms with E-state index < -0.39 is 0 Å². The molecule has 1 saturated carbocycles. The van der Waals surface area contributed by atoms with E-state index in [4.69, 9.17) is 9.31 Å². The van der Waals surface area contributed by atoms with E-state index in [0.717, 1.165) is 11.9 Å². The summed E-state index contributed by atoms with van der Waals surface area (Å²) < 4.78 is 13.6. The molecule has 0 radical (unpaired) electrons. The minimum absolute atomic E-state index is 0.0842. The largest absolute Gasteiger partial charge is 0.461 e. The Morgan fingerprint density at radius 3 is 2.67 bits per heavy atom. The van der Waals surface area contributed by atoms with E-state index in [1.54, 1.807) is 11.3 Å². The summed E-state index contributed by atoms with van der Waals surface area (Å²) in [5.74, 6) is 0.990. The summed E-state index contributed by atoms with van der Waals surface area (Å²) in [4.78, 5) is 4.55. The van der Waals surface area contributed by atoms with Crippen molar-refractivity contribution in [1.82, 2.24) is 4.98 Å². The minimum Gasteiger partial charge on any atom is -0.403 e. The number of rotatable bonds is 2. The van der Waals surface area contributed by atoms with Gasteiger partial charge in [-0.05, 0) is 63.1 Å². The van der Waals surface area contributed by atoms with Crippen LogP contribution in [-0.4, -0.2) is 23.3 Å². The third-order valence-electron chi connectivity index (χ3n) is 5.21. The van der Waals surface area contributed by atoms with Crippen molar-refractivity contribution < 1.29 is 9.31 Å². The Labute approximate surface area is 129 Å². The van der Waals surface area contributed by atoms with E-state index in [0.29, 0.717) is 11.7 Å². The summed E-state index contributed by atoms with van der Waals surface area (Å²) in [6, 6.07) is 4.35. The van der Waals surface area contributed by atoms with Gasteiger partial charge in [0.15, 0.2) is 0 Å². The van der Waals surface area contributed by atoms with Crippen molar-refractivity contribution in [1.29, 1.82) is 0 Å². The van der Waals surface area contributed by atoms with Crippen molar-refractivity contribution in [3.8, 4) is 0 Å². The van der Waals surface area contributed by atoms with Gasteiger partial charge >= 0.3 is 7.12 Å². The molecule has 2 aromatic heterocycles. The number of aromatic nitrogens is 1. The van der Waals surface area contributed by atoms with Gasteiger partial charge in [0.1, 0.15) is 0 Å². The molecule has 1 saturated heterocycles. The maximum Gasteiger partial charge on any atom is 0.461 e. The van der Waals surface area contributed by atoms with Gasteiger partial charge in [0.25, 0.3) is 0 Å². The normalized spacial score (nSPS) is 30.0. The highest BCUT2D eigenvalue weighted by Gasteiger charge is 2.59. The highest BCUT2D eigenvalue weighted by Crippen LogP contribution is 2.58. The predicted molar refractivity (Wildman–Crippen MR) is 86.8 cm³/mol. The van der Waals surface area contributed by atoms with Gasteiger partial charge in [-0.15, -0.1) is 11.3 Å². The predicted octanol–water partition coefficient (Wildman–Crippen LogP) is 4.25. The SMILES string of the molecule is CC1(C)OB([C@@H]2C[C@H]2c2cnc3ccsc3c2)OC1(C)C. The molecule has 0 amide bonds. The molecule has 5 heteroatoms. The number of hydrogen-bond acceptors (Lipinski definition) is 4. The van der Waals surface area contributed by atoms with Gasteiger partial charge in [-0.1, -0.05) is 0 Å². The molecular weight excluding hydrogens is 281 g/mol. The number of fused-ring (bicyclic) bond motifs is 1. The summed E-state index contributed by atoms with van der Waals surface area (Å²) in [7, 11) is -0.0842. The Balaban J connectivity index is 1.53. The fraction of sp³-hybridized carbons (Fsp3) is 0.562. The first-order chi connectivity index (χ1) is 9.87. The molecule has 2 aromatic rings. The zero-order valence-electron chi connectivity index (χ0n) is 12.9. The monoisotopic (exact) mass is 301 g/mol.